The average molecular weight is 196 g/mol. The molecule has 0 unspecified atom stereocenters. The molecule has 0 atom stereocenters. The van der Waals surface area contributed by atoms with Gasteiger partial charge in [-0.2, -0.15) is 4.98 Å². The second-order valence-electron chi connectivity index (χ2n) is 4.06. The first-order valence-corrected chi connectivity index (χ1v) is 5.10. The van der Waals surface area contributed by atoms with Crippen molar-refractivity contribution in [2.45, 2.75) is 38.5 Å². The number of nitrogens with two attached hydrogens (primary N) is 1. The van der Waals surface area contributed by atoms with Crippen LogP contribution in [0, 0.1) is 5.92 Å². The van der Waals surface area contributed by atoms with Crippen LogP contribution in [0.25, 0.3) is 0 Å². The lowest BCUT2D eigenvalue weighted by Gasteiger charge is -2.23. The fourth-order valence-corrected chi connectivity index (χ4v) is 1.98. The van der Waals surface area contributed by atoms with Gasteiger partial charge in [0.15, 0.2) is 5.82 Å². The van der Waals surface area contributed by atoms with Crippen molar-refractivity contribution < 1.29 is 4.52 Å². The Morgan fingerprint density at radius 3 is 2.64 bits per heavy atom. The lowest BCUT2D eigenvalue weighted by atomic mass is 9.83. The fourth-order valence-electron chi connectivity index (χ4n) is 1.98. The van der Waals surface area contributed by atoms with E-state index in [1.807, 2.05) is 0 Å². The van der Waals surface area contributed by atoms with Crippen molar-refractivity contribution in [3.63, 3.8) is 0 Å². The van der Waals surface area contributed by atoms with E-state index >= 15 is 0 Å². The number of anilines is 1. The van der Waals surface area contributed by atoms with Crippen LogP contribution in [0.3, 0.4) is 0 Å². The summed E-state index contributed by atoms with van der Waals surface area (Å²) in [5, 5.41) is 3.91. The van der Waals surface area contributed by atoms with Crippen molar-refractivity contribution in [3.8, 4) is 0 Å². The van der Waals surface area contributed by atoms with E-state index in [0.717, 1.165) is 24.6 Å². The Labute approximate surface area is 83.0 Å². The summed E-state index contributed by atoms with van der Waals surface area (Å²) in [6, 6.07) is 0.304. The molecule has 78 valence electrons. The van der Waals surface area contributed by atoms with Gasteiger partial charge in [-0.05, 0) is 18.8 Å². The molecule has 0 radical (unpaired) electrons. The summed E-state index contributed by atoms with van der Waals surface area (Å²) in [7, 11) is 0. The van der Waals surface area contributed by atoms with Gasteiger partial charge in [-0.15, -0.1) is 0 Å². The van der Waals surface area contributed by atoms with Crippen LogP contribution in [0.5, 0.6) is 0 Å². The number of hydrogen-bond donors (Lipinski definition) is 2. The van der Waals surface area contributed by atoms with Crippen molar-refractivity contribution in [3.05, 3.63) is 5.82 Å². The van der Waals surface area contributed by atoms with Gasteiger partial charge >= 0.3 is 6.01 Å². The molecule has 3 N–H and O–H groups in total. The predicted octanol–water partition coefficient (Wildman–Crippen LogP) is 1.65. The van der Waals surface area contributed by atoms with Crippen LogP contribution in [-0.4, -0.2) is 10.1 Å². The summed E-state index contributed by atoms with van der Waals surface area (Å²) in [4.78, 5) is 4.16. The Morgan fingerprint density at radius 2 is 2.07 bits per heavy atom. The minimum atomic E-state index is 0.304. The van der Waals surface area contributed by atoms with E-state index in [1.54, 1.807) is 0 Å². The molecule has 0 spiro atoms. The lowest BCUT2D eigenvalue weighted by Crippen LogP contribution is -2.12. The molecule has 14 heavy (non-hydrogen) atoms. The molecule has 5 nitrogen and oxygen atoms in total. The molecule has 0 bridgehead atoms. The summed E-state index contributed by atoms with van der Waals surface area (Å²) >= 11 is 0. The first-order valence-electron chi connectivity index (χ1n) is 5.10. The second kappa shape index (κ2) is 3.96. The molecule has 1 aliphatic carbocycles. The zero-order valence-corrected chi connectivity index (χ0v) is 8.36. The van der Waals surface area contributed by atoms with Crippen molar-refractivity contribution >= 4 is 6.01 Å². The average Bonchev–Trinajstić information content (AvgIpc) is 2.67. The molecule has 1 heterocycles. The topological polar surface area (TPSA) is 77.0 Å². The number of aromatic nitrogens is 2. The van der Waals surface area contributed by atoms with Gasteiger partial charge in [0.2, 0.25) is 0 Å². The number of nitrogens with zero attached hydrogens (tertiary/aromatic N) is 2. The highest BCUT2D eigenvalue weighted by Crippen LogP contribution is 2.34. The highest BCUT2D eigenvalue weighted by atomic mass is 16.5. The van der Waals surface area contributed by atoms with Gasteiger partial charge in [0.25, 0.3) is 0 Å². The summed E-state index contributed by atoms with van der Waals surface area (Å²) in [6.45, 7) is 2.29. The van der Waals surface area contributed by atoms with E-state index in [1.165, 1.54) is 12.8 Å². The van der Waals surface area contributed by atoms with Gasteiger partial charge in [0, 0.05) is 5.92 Å². The van der Waals surface area contributed by atoms with Crippen LogP contribution in [0.15, 0.2) is 4.52 Å². The first-order chi connectivity index (χ1) is 6.79. The summed E-state index contributed by atoms with van der Waals surface area (Å²) < 4.78 is 4.90. The van der Waals surface area contributed by atoms with Gasteiger partial charge in [0.1, 0.15) is 0 Å². The molecule has 5 heteroatoms. The Balaban J connectivity index is 2.01. The van der Waals surface area contributed by atoms with E-state index in [4.69, 9.17) is 10.4 Å². The molecular formula is C9H16N4O. The van der Waals surface area contributed by atoms with Gasteiger partial charge in [-0.3, -0.25) is 5.43 Å². The smallest absolute Gasteiger partial charge is 0.314 e. The molecule has 0 aliphatic heterocycles. The molecule has 1 aliphatic rings. The number of hydrogen-bond acceptors (Lipinski definition) is 5. The van der Waals surface area contributed by atoms with Gasteiger partial charge in [0.05, 0.1) is 0 Å². The molecule has 1 fully saturated rings. The van der Waals surface area contributed by atoms with E-state index < -0.39 is 0 Å². The zero-order chi connectivity index (χ0) is 9.97. The van der Waals surface area contributed by atoms with Crippen LogP contribution in [0.4, 0.5) is 6.01 Å². The normalized spacial score (nSPS) is 27.6. The molecule has 0 saturated heterocycles. The quantitative estimate of drug-likeness (QED) is 0.555. The van der Waals surface area contributed by atoms with Crippen LogP contribution >= 0.6 is 0 Å². The molecular weight excluding hydrogens is 180 g/mol. The molecule has 2 rings (SSSR count). The predicted molar refractivity (Wildman–Crippen MR) is 52.5 cm³/mol. The maximum atomic E-state index is 5.17. The summed E-state index contributed by atoms with van der Waals surface area (Å²) in [5.41, 5.74) is 2.35. The Bertz CT molecular complexity index is 291. The van der Waals surface area contributed by atoms with Crippen LogP contribution in [-0.2, 0) is 0 Å². The maximum Gasteiger partial charge on any atom is 0.335 e. The molecule has 0 amide bonds. The number of nitrogen functional groups attached to an aromatic ring is 1. The Kier molecular flexibility index (Phi) is 2.67. The van der Waals surface area contributed by atoms with Gasteiger partial charge in [-0.1, -0.05) is 24.9 Å². The minimum Gasteiger partial charge on any atom is -0.314 e. The Morgan fingerprint density at radius 1 is 1.36 bits per heavy atom. The van der Waals surface area contributed by atoms with Crippen LogP contribution in [0.1, 0.15) is 44.3 Å². The third-order valence-corrected chi connectivity index (χ3v) is 2.95. The first kappa shape index (κ1) is 9.45. The SMILES string of the molecule is CC1CCC(c2noc(NN)n2)CC1. The van der Waals surface area contributed by atoms with E-state index in [2.05, 4.69) is 22.5 Å². The highest BCUT2D eigenvalue weighted by Gasteiger charge is 2.23. The lowest BCUT2D eigenvalue weighted by molar-refractivity contribution is 0.329. The van der Waals surface area contributed by atoms with E-state index in [9.17, 15) is 0 Å². The highest BCUT2D eigenvalue weighted by molar-refractivity contribution is 5.16. The molecule has 1 saturated carbocycles. The largest absolute Gasteiger partial charge is 0.335 e. The molecule has 0 aromatic carbocycles. The molecule has 1 aromatic heterocycles. The van der Waals surface area contributed by atoms with Crippen molar-refractivity contribution in [2.75, 3.05) is 5.43 Å². The van der Waals surface area contributed by atoms with Gasteiger partial charge in [-0.25, -0.2) is 5.84 Å². The zero-order valence-electron chi connectivity index (χ0n) is 8.36. The number of rotatable bonds is 2. The fraction of sp³-hybridized carbons (Fsp3) is 0.778. The minimum absolute atomic E-state index is 0.304. The van der Waals surface area contributed by atoms with Crippen molar-refractivity contribution in [1.29, 1.82) is 0 Å². The van der Waals surface area contributed by atoms with E-state index in [0.29, 0.717) is 11.9 Å². The monoisotopic (exact) mass is 196 g/mol. The Hall–Kier alpha value is -1.10. The second-order valence-corrected chi connectivity index (χ2v) is 4.06. The number of hydrazine groups is 1. The standard InChI is InChI=1S/C9H16N4O/c1-6-2-4-7(5-3-6)8-11-9(12-10)14-13-8/h6-7H,2-5,10H2,1H3,(H,11,12,13). The third-order valence-electron chi connectivity index (χ3n) is 2.95. The summed E-state index contributed by atoms with van der Waals surface area (Å²) in [6.07, 6.45) is 4.82. The van der Waals surface area contributed by atoms with Crippen molar-refractivity contribution in [2.24, 2.45) is 11.8 Å². The summed E-state index contributed by atoms with van der Waals surface area (Å²) in [5.74, 6) is 7.26. The van der Waals surface area contributed by atoms with Crippen LogP contribution in [0.2, 0.25) is 0 Å². The van der Waals surface area contributed by atoms with E-state index in [-0.39, 0.29) is 0 Å². The van der Waals surface area contributed by atoms with Crippen LogP contribution < -0.4 is 11.3 Å². The number of nitrogens with one attached hydrogen (secondary N) is 1. The third kappa shape index (κ3) is 1.87. The molecule has 1 aromatic rings. The maximum absolute atomic E-state index is 5.17. The van der Waals surface area contributed by atoms with Gasteiger partial charge < -0.3 is 4.52 Å². The van der Waals surface area contributed by atoms with Crippen molar-refractivity contribution in [1.82, 2.24) is 10.1 Å².